The van der Waals surface area contributed by atoms with E-state index in [2.05, 4.69) is 4.74 Å². The summed E-state index contributed by atoms with van der Waals surface area (Å²) in [5.41, 5.74) is -4.76. The van der Waals surface area contributed by atoms with Crippen molar-refractivity contribution in [3.63, 3.8) is 0 Å². The highest BCUT2D eigenvalue weighted by Gasteiger charge is 2.64. The van der Waals surface area contributed by atoms with Gasteiger partial charge in [0.05, 0.1) is 6.61 Å². The van der Waals surface area contributed by atoms with Crippen LogP contribution in [0.15, 0.2) is 0 Å². The van der Waals surface area contributed by atoms with Gasteiger partial charge in [0, 0.05) is 13.1 Å². The van der Waals surface area contributed by atoms with E-state index in [0.29, 0.717) is 11.3 Å². The maximum Gasteiger partial charge on any atom is 0.429 e. The van der Waals surface area contributed by atoms with E-state index in [1.54, 1.807) is 0 Å². The van der Waals surface area contributed by atoms with Gasteiger partial charge >= 0.3 is 18.3 Å². The van der Waals surface area contributed by atoms with Gasteiger partial charge in [-0.15, -0.1) is 0 Å². The van der Waals surface area contributed by atoms with Crippen molar-refractivity contribution in [2.75, 3.05) is 26.3 Å². The van der Waals surface area contributed by atoms with Crippen molar-refractivity contribution in [1.29, 1.82) is 0 Å². The second kappa shape index (κ2) is 8.03. The number of rotatable bonds is 7. The van der Waals surface area contributed by atoms with Crippen molar-refractivity contribution in [1.82, 2.24) is 4.90 Å². The molecular weight excluding hydrogens is 395 g/mol. The first kappa shape index (κ1) is 23.2. The maximum absolute atomic E-state index is 14.3. The van der Waals surface area contributed by atoms with Crippen LogP contribution in [0.25, 0.3) is 0 Å². The lowest BCUT2D eigenvalue weighted by Crippen LogP contribution is -2.60. The van der Waals surface area contributed by atoms with E-state index in [1.807, 2.05) is 0 Å². The van der Waals surface area contributed by atoms with E-state index < -0.39 is 49.6 Å². The van der Waals surface area contributed by atoms with Crippen molar-refractivity contribution >= 4 is 0 Å². The van der Waals surface area contributed by atoms with Crippen LogP contribution in [0.5, 0.6) is 0 Å². The number of hydrogen-bond donors (Lipinski definition) is 0. The minimum Gasteiger partial charge on any atom is -0.371 e. The second-order valence-corrected chi connectivity index (χ2v) is 5.95. The molecule has 156 valence electrons. The third-order valence-electron chi connectivity index (χ3n) is 3.82. The molecule has 1 aliphatic rings. The molecule has 1 aliphatic heterocycles. The first-order chi connectivity index (χ1) is 11.6. The van der Waals surface area contributed by atoms with Gasteiger partial charge in [-0.2, -0.15) is 26.3 Å². The van der Waals surface area contributed by atoms with E-state index >= 15 is 0 Å². The van der Waals surface area contributed by atoms with E-state index in [-0.39, 0.29) is 25.9 Å². The van der Waals surface area contributed by atoms with Gasteiger partial charge in [-0.05, 0) is 12.8 Å². The fraction of sp³-hybridized carbons (Fsp3) is 1.00. The van der Waals surface area contributed by atoms with Crippen LogP contribution in [0, 0.1) is 0 Å². The van der Waals surface area contributed by atoms with Crippen molar-refractivity contribution in [3.8, 4) is 0 Å². The average molecular weight is 411 g/mol. The van der Waals surface area contributed by atoms with Crippen molar-refractivity contribution in [2.45, 2.75) is 55.7 Å². The Morgan fingerprint density at radius 2 is 1.27 bits per heavy atom. The molecule has 0 bridgehead atoms. The van der Waals surface area contributed by atoms with Crippen LogP contribution in [0.2, 0.25) is 0 Å². The summed E-state index contributed by atoms with van der Waals surface area (Å²) < 4.78 is 145. The Bertz CT molecular complexity index is 446. The molecule has 0 radical (unpaired) electrons. The van der Waals surface area contributed by atoms with E-state index in [9.17, 15) is 48.3 Å². The summed E-state index contributed by atoms with van der Waals surface area (Å²) in [6.45, 7) is -5.28. The molecule has 3 unspecified atom stereocenters. The van der Waals surface area contributed by atoms with Gasteiger partial charge in [0.25, 0.3) is 11.8 Å². The standard InChI is InChI=1S/C13H16F11NO/c14-8(12(19,20)21)11(17,18)7-26-6-10(16,13(22,23)24)9(15)25-4-2-1-3-5-25/h8-9H,1-7H2. The van der Waals surface area contributed by atoms with Gasteiger partial charge in [-0.25, -0.2) is 22.0 Å². The number of nitrogens with zero attached hydrogens (tertiary/aromatic N) is 1. The molecule has 2 nitrogen and oxygen atoms in total. The highest BCUT2D eigenvalue weighted by atomic mass is 19.4. The second-order valence-electron chi connectivity index (χ2n) is 5.95. The van der Waals surface area contributed by atoms with Gasteiger partial charge in [-0.3, -0.25) is 4.90 Å². The molecule has 1 fully saturated rings. The van der Waals surface area contributed by atoms with Crippen LogP contribution in [-0.2, 0) is 4.74 Å². The third-order valence-corrected chi connectivity index (χ3v) is 3.82. The van der Waals surface area contributed by atoms with Gasteiger partial charge in [0.15, 0.2) is 6.30 Å². The molecule has 0 spiro atoms. The lowest BCUT2D eigenvalue weighted by Gasteiger charge is -2.38. The summed E-state index contributed by atoms with van der Waals surface area (Å²) in [6.07, 6.45) is -18.8. The molecule has 0 saturated carbocycles. The Hall–Kier alpha value is -0.850. The number of halogens is 11. The predicted molar refractivity (Wildman–Crippen MR) is 66.9 cm³/mol. The summed E-state index contributed by atoms with van der Waals surface area (Å²) in [4.78, 5) is 0.506. The number of ether oxygens (including phenoxy) is 1. The molecule has 0 aliphatic carbocycles. The fourth-order valence-electron chi connectivity index (χ4n) is 2.37. The van der Waals surface area contributed by atoms with Crippen molar-refractivity contribution in [3.05, 3.63) is 0 Å². The zero-order valence-corrected chi connectivity index (χ0v) is 13.1. The predicted octanol–water partition coefficient (Wildman–Crippen LogP) is 4.59. The van der Waals surface area contributed by atoms with Crippen LogP contribution >= 0.6 is 0 Å². The summed E-state index contributed by atoms with van der Waals surface area (Å²) in [5.74, 6) is -5.26. The molecule has 26 heavy (non-hydrogen) atoms. The molecule has 3 atom stereocenters. The van der Waals surface area contributed by atoms with Crippen LogP contribution in [0.1, 0.15) is 19.3 Å². The Kier molecular flexibility index (Phi) is 7.16. The zero-order chi connectivity index (χ0) is 20.4. The Morgan fingerprint density at radius 3 is 1.69 bits per heavy atom. The summed E-state index contributed by atoms with van der Waals surface area (Å²) in [6, 6.07) is 0. The lowest BCUT2D eigenvalue weighted by atomic mass is 10.0. The highest BCUT2D eigenvalue weighted by molar-refractivity contribution is 4.95. The van der Waals surface area contributed by atoms with Crippen molar-refractivity contribution < 1.29 is 53.0 Å². The van der Waals surface area contributed by atoms with Crippen LogP contribution in [-0.4, -0.2) is 67.6 Å². The highest BCUT2D eigenvalue weighted by Crippen LogP contribution is 2.41. The first-order valence-corrected chi connectivity index (χ1v) is 7.43. The van der Waals surface area contributed by atoms with Gasteiger partial charge in [0.1, 0.15) is 6.61 Å². The van der Waals surface area contributed by atoms with E-state index in [4.69, 9.17) is 0 Å². The minimum absolute atomic E-state index is 0.223. The summed E-state index contributed by atoms with van der Waals surface area (Å²) in [7, 11) is 0. The molecule has 1 heterocycles. The zero-order valence-electron chi connectivity index (χ0n) is 13.1. The van der Waals surface area contributed by atoms with Gasteiger partial charge in [-0.1, -0.05) is 6.42 Å². The molecule has 1 rings (SSSR count). The Labute approximate surface area is 141 Å². The number of hydrogen-bond acceptors (Lipinski definition) is 2. The van der Waals surface area contributed by atoms with Crippen LogP contribution in [0.3, 0.4) is 0 Å². The van der Waals surface area contributed by atoms with Crippen LogP contribution < -0.4 is 0 Å². The smallest absolute Gasteiger partial charge is 0.371 e. The molecule has 0 amide bonds. The Balaban J connectivity index is 2.82. The van der Waals surface area contributed by atoms with Gasteiger partial charge < -0.3 is 4.74 Å². The summed E-state index contributed by atoms with van der Waals surface area (Å²) >= 11 is 0. The number of piperidine rings is 1. The largest absolute Gasteiger partial charge is 0.429 e. The number of alkyl halides is 11. The minimum atomic E-state index is -6.00. The molecule has 1 saturated heterocycles. The monoisotopic (exact) mass is 411 g/mol. The van der Waals surface area contributed by atoms with Crippen LogP contribution in [0.4, 0.5) is 48.3 Å². The normalized spacial score (nSPS) is 22.7. The summed E-state index contributed by atoms with van der Waals surface area (Å²) in [5, 5.41) is 0. The van der Waals surface area contributed by atoms with Crippen molar-refractivity contribution in [2.24, 2.45) is 0 Å². The molecule has 0 aromatic heterocycles. The number of likely N-dealkylation sites (tertiary alicyclic amines) is 1. The van der Waals surface area contributed by atoms with E-state index in [0.717, 1.165) is 0 Å². The first-order valence-electron chi connectivity index (χ1n) is 7.43. The van der Waals surface area contributed by atoms with Gasteiger partial charge in [0.2, 0.25) is 0 Å². The third kappa shape index (κ3) is 5.33. The quantitative estimate of drug-likeness (QED) is 0.449. The maximum atomic E-state index is 14.3. The molecule has 13 heteroatoms. The molecule has 0 N–H and O–H groups in total. The molecular formula is C13H16F11NO. The SMILES string of the molecule is FC(C(F)(F)F)C(F)(F)COCC(F)(C(F)N1CCCCC1)C(F)(F)F. The lowest BCUT2D eigenvalue weighted by molar-refractivity contribution is -0.294. The van der Waals surface area contributed by atoms with E-state index in [1.165, 1.54) is 0 Å². The Morgan fingerprint density at radius 1 is 0.769 bits per heavy atom. The molecule has 0 aromatic rings. The fourth-order valence-corrected chi connectivity index (χ4v) is 2.37. The molecule has 0 aromatic carbocycles. The average Bonchev–Trinajstić information content (AvgIpc) is 2.52. The topological polar surface area (TPSA) is 12.5 Å².